The van der Waals surface area contributed by atoms with Crippen LogP contribution < -0.4 is 5.73 Å². The van der Waals surface area contributed by atoms with Gasteiger partial charge in [0, 0.05) is 0 Å². The summed E-state index contributed by atoms with van der Waals surface area (Å²) in [5.74, 6) is 0.573. The number of anilines is 1. The van der Waals surface area contributed by atoms with Crippen molar-refractivity contribution in [2.45, 2.75) is 40.2 Å². The van der Waals surface area contributed by atoms with E-state index in [1.165, 1.54) is 11.1 Å². The Labute approximate surface area is 109 Å². The number of aromatic nitrogens is 2. The highest BCUT2D eigenvalue weighted by molar-refractivity contribution is 5.47. The third kappa shape index (κ3) is 2.40. The zero-order valence-corrected chi connectivity index (χ0v) is 11.6. The Kier molecular flexibility index (Phi) is 3.41. The largest absolute Gasteiger partial charge is 0.396 e. The van der Waals surface area contributed by atoms with Crippen LogP contribution in [0.3, 0.4) is 0 Å². The number of hydrogen-bond acceptors (Lipinski definition) is 2. The molecule has 2 N–H and O–H groups in total. The van der Waals surface area contributed by atoms with Gasteiger partial charge in [-0.15, -0.1) is 0 Å². The van der Waals surface area contributed by atoms with Gasteiger partial charge in [0.15, 0.2) is 0 Å². The SMILES string of the molecule is Cc1nn(Cc2ccc(C(C)C)cc2)c(C)c1N. The van der Waals surface area contributed by atoms with E-state index in [9.17, 15) is 0 Å². The van der Waals surface area contributed by atoms with Gasteiger partial charge in [0.1, 0.15) is 0 Å². The van der Waals surface area contributed by atoms with Crippen LogP contribution in [-0.2, 0) is 6.54 Å². The molecule has 0 spiro atoms. The van der Waals surface area contributed by atoms with Crippen molar-refractivity contribution in [2.24, 2.45) is 0 Å². The number of rotatable bonds is 3. The Balaban J connectivity index is 2.21. The van der Waals surface area contributed by atoms with Crippen LogP contribution in [0.1, 0.15) is 42.3 Å². The maximum Gasteiger partial charge on any atom is 0.0826 e. The molecule has 0 aliphatic heterocycles. The third-order valence-corrected chi connectivity index (χ3v) is 3.42. The van der Waals surface area contributed by atoms with Gasteiger partial charge in [-0.2, -0.15) is 5.10 Å². The summed E-state index contributed by atoms with van der Waals surface area (Å²) in [6.07, 6.45) is 0. The van der Waals surface area contributed by atoms with Crippen molar-refractivity contribution in [3.63, 3.8) is 0 Å². The van der Waals surface area contributed by atoms with Crippen LogP contribution in [0, 0.1) is 13.8 Å². The molecule has 96 valence electrons. The molecule has 2 rings (SSSR count). The van der Waals surface area contributed by atoms with Crippen LogP contribution >= 0.6 is 0 Å². The van der Waals surface area contributed by atoms with Gasteiger partial charge in [0.25, 0.3) is 0 Å². The molecule has 0 fully saturated rings. The minimum atomic E-state index is 0.573. The first-order valence-electron chi connectivity index (χ1n) is 6.37. The molecule has 0 amide bonds. The fourth-order valence-corrected chi connectivity index (χ4v) is 2.05. The Morgan fingerprint density at radius 3 is 2.22 bits per heavy atom. The molecular weight excluding hydrogens is 222 g/mol. The zero-order valence-electron chi connectivity index (χ0n) is 11.6. The van der Waals surface area contributed by atoms with Crippen LogP contribution in [0.15, 0.2) is 24.3 Å². The second kappa shape index (κ2) is 4.84. The smallest absolute Gasteiger partial charge is 0.0826 e. The first-order valence-corrected chi connectivity index (χ1v) is 6.37. The van der Waals surface area contributed by atoms with Crippen LogP contribution in [0.2, 0.25) is 0 Å². The topological polar surface area (TPSA) is 43.8 Å². The first-order chi connectivity index (χ1) is 8.49. The van der Waals surface area contributed by atoms with E-state index in [0.717, 1.165) is 23.6 Å². The molecular formula is C15H21N3. The highest BCUT2D eigenvalue weighted by Crippen LogP contribution is 2.18. The molecule has 0 unspecified atom stereocenters. The Hall–Kier alpha value is -1.77. The molecule has 3 heteroatoms. The number of hydrogen-bond donors (Lipinski definition) is 1. The second-order valence-electron chi connectivity index (χ2n) is 5.14. The van der Waals surface area contributed by atoms with E-state index in [4.69, 9.17) is 5.73 Å². The number of nitrogens with zero attached hydrogens (tertiary/aromatic N) is 2. The summed E-state index contributed by atoms with van der Waals surface area (Å²) in [5, 5.41) is 4.45. The van der Waals surface area contributed by atoms with E-state index >= 15 is 0 Å². The van der Waals surface area contributed by atoms with E-state index in [0.29, 0.717) is 5.92 Å². The molecule has 0 aliphatic rings. The van der Waals surface area contributed by atoms with Gasteiger partial charge in [-0.05, 0) is 30.9 Å². The van der Waals surface area contributed by atoms with E-state index in [-0.39, 0.29) is 0 Å². The predicted molar refractivity (Wildman–Crippen MR) is 75.7 cm³/mol. The van der Waals surface area contributed by atoms with Crippen molar-refractivity contribution in [1.29, 1.82) is 0 Å². The maximum atomic E-state index is 5.94. The van der Waals surface area contributed by atoms with Crippen LogP contribution in [-0.4, -0.2) is 9.78 Å². The lowest BCUT2D eigenvalue weighted by Crippen LogP contribution is -2.04. The van der Waals surface area contributed by atoms with Gasteiger partial charge in [-0.25, -0.2) is 0 Å². The standard InChI is InChI=1S/C15H21N3/c1-10(2)14-7-5-13(6-8-14)9-18-12(4)15(16)11(3)17-18/h5-8,10H,9,16H2,1-4H3. The summed E-state index contributed by atoms with van der Waals surface area (Å²) in [5.41, 5.74) is 11.3. The number of aryl methyl sites for hydroxylation is 1. The average Bonchev–Trinajstić information content (AvgIpc) is 2.58. The van der Waals surface area contributed by atoms with Crippen LogP contribution in [0.4, 0.5) is 5.69 Å². The maximum absolute atomic E-state index is 5.94. The van der Waals surface area contributed by atoms with Crippen molar-refractivity contribution >= 4 is 5.69 Å². The van der Waals surface area contributed by atoms with E-state index in [2.05, 4.69) is 43.2 Å². The zero-order chi connectivity index (χ0) is 13.3. The van der Waals surface area contributed by atoms with Gasteiger partial charge < -0.3 is 5.73 Å². The third-order valence-electron chi connectivity index (χ3n) is 3.42. The van der Waals surface area contributed by atoms with Crippen molar-refractivity contribution in [3.05, 3.63) is 46.8 Å². The van der Waals surface area contributed by atoms with Crippen molar-refractivity contribution in [1.82, 2.24) is 9.78 Å². The van der Waals surface area contributed by atoms with Gasteiger partial charge in [-0.3, -0.25) is 4.68 Å². The molecule has 18 heavy (non-hydrogen) atoms. The normalized spacial score (nSPS) is 11.2. The van der Waals surface area contributed by atoms with E-state index in [1.807, 2.05) is 18.5 Å². The molecule has 1 aromatic carbocycles. The molecule has 1 aromatic heterocycles. The minimum Gasteiger partial charge on any atom is -0.396 e. The van der Waals surface area contributed by atoms with Crippen LogP contribution in [0.25, 0.3) is 0 Å². The summed E-state index contributed by atoms with van der Waals surface area (Å²) >= 11 is 0. The van der Waals surface area contributed by atoms with Gasteiger partial charge in [-0.1, -0.05) is 38.1 Å². The number of nitrogens with two attached hydrogens (primary N) is 1. The molecule has 3 nitrogen and oxygen atoms in total. The van der Waals surface area contributed by atoms with Crippen molar-refractivity contribution in [2.75, 3.05) is 5.73 Å². The monoisotopic (exact) mass is 243 g/mol. The highest BCUT2D eigenvalue weighted by Gasteiger charge is 2.08. The minimum absolute atomic E-state index is 0.573. The predicted octanol–water partition coefficient (Wildman–Crippen LogP) is 3.25. The summed E-state index contributed by atoms with van der Waals surface area (Å²) in [6, 6.07) is 8.72. The van der Waals surface area contributed by atoms with Gasteiger partial charge in [0.2, 0.25) is 0 Å². The lowest BCUT2D eigenvalue weighted by molar-refractivity contribution is 0.659. The van der Waals surface area contributed by atoms with E-state index < -0.39 is 0 Å². The lowest BCUT2D eigenvalue weighted by Gasteiger charge is -2.08. The van der Waals surface area contributed by atoms with Gasteiger partial charge in [0.05, 0.1) is 23.6 Å². The molecule has 0 bridgehead atoms. The lowest BCUT2D eigenvalue weighted by atomic mass is 10.0. The fraction of sp³-hybridized carbons (Fsp3) is 0.400. The fourth-order valence-electron chi connectivity index (χ4n) is 2.05. The molecule has 2 aromatic rings. The number of nitrogen functional groups attached to an aromatic ring is 1. The average molecular weight is 243 g/mol. The molecule has 0 saturated carbocycles. The second-order valence-corrected chi connectivity index (χ2v) is 5.14. The Morgan fingerprint density at radius 1 is 1.17 bits per heavy atom. The van der Waals surface area contributed by atoms with Crippen molar-refractivity contribution < 1.29 is 0 Å². The molecule has 0 atom stereocenters. The quantitative estimate of drug-likeness (QED) is 0.899. The van der Waals surface area contributed by atoms with Gasteiger partial charge >= 0.3 is 0 Å². The molecule has 1 heterocycles. The molecule has 0 saturated heterocycles. The first kappa shape index (κ1) is 12.7. The summed E-state index contributed by atoms with van der Waals surface area (Å²) < 4.78 is 1.97. The summed E-state index contributed by atoms with van der Waals surface area (Å²) in [7, 11) is 0. The Morgan fingerprint density at radius 2 is 1.78 bits per heavy atom. The Bertz CT molecular complexity index is 536. The molecule has 0 radical (unpaired) electrons. The van der Waals surface area contributed by atoms with Crippen LogP contribution in [0.5, 0.6) is 0 Å². The highest BCUT2D eigenvalue weighted by atomic mass is 15.3. The molecule has 0 aliphatic carbocycles. The summed E-state index contributed by atoms with van der Waals surface area (Å²) in [6.45, 7) is 9.15. The van der Waals surface area contributed by atoms with E-state index in [1.54, 1.807) is 0 Å². The number of benzene rings is 1. The summed E-state index contributed by atoms with van der Waals surface area (Å²) in [4.78, 5) is 0. The van der Waals surface area contributed by atoms with Crippen molar-refractivity contribution in [3.8, 4) is 0 Å².